The lowest BCUT2D eigenvalue weighted by Gasteiger charge is -2.24. The van der Waals surface area contributed by atoms with Crippen molar-refractivity contribution in [1.82, 2.24) is 10.2 Å². The van der Waals surface area contributed by atoms with Gasteiger partial charge in [-0.3, -0.25) is 4.99 Å². The summed E-state index contributed by atoms with van der Waals surface area (Å²) in [7, 11) is 3.88. The van der Waals surface area contributed by atoms with Crippen molar-refractivity contribution in [1.29, 1.82) is 0 Å². The third kappa shape index (κ3) is 4.39. The Bertz CT molecular complexity index is 441. The van der Waals surface area contributed by atoms with Crippen LogP contribution in [0, 0.1) is 5.92 Å². The molecule has 1 fully saturated rings. The zero-order valence-electron chi connectivity index (χ0n) is 12.1. The first-order valence-corrected chi connectivity index (χ1v) is 7.31. The fourth-order valence-electron chi connectivity index (χ4n) is 2.37. The van der Waals surface area contributed by atoms with Gasteiger partial charge in [-0.05, 0) is 24.1 Å². The van der Waals surface area contributed by atoms with E-state index >= 15 is 0 Å². The van der Waals surface area contributed by atoms with Gasteiger partial charge in [0.05, 0.1) is 6.61 Å². The molecule has 110 valence electrons. The van der Waals surface area contributed by atoms with E-state index in [-0.39, 0.29) is 0 Å². The molecule has 1 aromatic carbocycles. The second-order valence-corrected chi connectivity index (χ2v) is 5.57. The third-order valence-electron chi connectivity index (χ3n) is 3.49. The lowest BCUT2D eigenvalue weighted by atomic mass is 10.1. The Morgan fingerprint density at radius 2 is 2.20 bits per heavy atom. The highest BCUT2D eigenvalue weighted by Gasteiger charge is 2.18. The van der Waals surface area contributed by atoms with E-state index < -0.39 is 0 Å². The van der Waals surface area contributed by atoms with Gasteiger partial charge in [-0.1, -0.05) is 23.7 Å². The number of hydrogen-bond donors (Lipinski definition) is 1. The summed E-state index contributed by atoms with van der Waals surface area (Å²) in [6, 6.07) is 7.85. The Balaban J connectivity index is 1.83. The van der Waals surface area contributed by atoms with Gasteiger partial charge >= 0.3 is 0 Å². The molecule has 20 heavy (non-hydrogen) atoms. The fourth-order valence-corrected chi connectivity index (χ4v) is 2.50. The molecule has 1 saturated heterocycles. The Labute approximate surface area is 125 Å². The van der Waals surface area contributed by atoms with Gasteiger partial charge in [0.1, 0.15) is 0 Å². The van der Waals surface area contributed by atoms with Crippen molar-refractivity contribution in [2.24, 2.45) is 10.9 Å². The highest BCUT2D eigenvalue weighted by Crippen LogP contribution is 2.13. The van der Waals surface area contributed by atoms with Crippen LogP contribution in [0.4, 0.5) is 0 Å². The highest BCUT2D eigenvalue weighted by molar-refractivity contribution is 6.30. The number of nitrogens with one attached hydrogen (secondary N) is 1. The lowest BCUT2D eigenvalue weighted by Crippen LogP contribution is -2.41. The maximum Gasteiger partial charge on any atom is 0.193 e. The molecule has 4 nitrogen and oxygen atoms in total. The highest BCUT2D eigenvalue weighted by atomic mass is 35.5. The minimum absolute atomic E-state index is 0.606. The predicted molar refractivity (Wildman–Crippen MR) is 83.2 cm³/mol. The van der Waals surface area contributed by atoms with Crippen LogP contribution in [-0.2, 0) is 11.3 Å². The molecular weight excluding hydrogens is 274 g/mol. The monoisotopic (exact) mass is 295 g/mol. The molecule has 0 aromatic heterocycles. The Morgan fingerprint density at radius 1 is 1.45 bits per heavy atom. The maximum atomic E-state index is 5.88. The largest absolute Gasteiger partial charge is 0.381 e. The van der Waals surface area contributed by atoms with Crippen molar-refractivity contribution in [2.45, 2.75) is 13.0 Å². The number of halogens is 1. The number of benzene rings is 1. The summed E-state index contributed by atoms with van der Waals surface area (Å²) >= 11 is 5.88. The van der Waals surface area contributed by atoms with Crippen molar-refractivity contribution in [3.8, 4) is 0 Å². The zero-order valence-corrected chi connectivity index (χ0v) is 12.9. The van der Waals surface area contributed by atoms with Crippen molar-refractivity contribution < 1.29 is 4.74 Å². The molecule has 1 atom stereocenters. The minimum Gasteiger partial charge on any atom is -0.381 e. The van der Waals surface area contributed by atoms with Crippen LogP contribution >= 0.6 is 11.6 Å². The average molecular weight is 296 g/mol. The van der Waals surface area contributed by atoms with Crippen LogP contribution in [0.15, 0.2) is 29.3 Å². The quantitative estimate of drug-likeness (QED) is 0.684. The van der Waals surface area contributed by atoms with E-state index in [1.54, 1.807) is 0 Å². The van der Waals surface area contributed by atoms with E-state index in [1.807, 2.05) is 31.3 Å². The molecule has 5 heteroatoms. The molecule has 2 rings (SSSR count). The normalized spacial score (nSPS) is 19.1. The second-order valence-electron chi connectivity index (χ2n) is 5.14. The molecule has 1 unspecified atom stereocenters. The van der Waals surface area contributed by atoms with Crippen LogP contribution in [0.2, 0.25) is 5.02 Å². The maximum absolute atomic E-state index is 5.88. The van der Waals surface area contributed by atoms with Gasteiger partial charge in [0.15, 0.2) is 5.96 Å². The van der Waals surface area contributed by atoms with E-state index in [9.17, 15) is 0 Å². The average Bonchev–Trinajstić information content (AvgIpc) is 2.94. The van der Waals surface area contributed by atoms with Crippen molar-refractivity contribution in [3.05, 3.63) is 34.9 Å². The number of nitrogens with zero attached hydrogens (tertiary/aromatic N) is 2. The molecule has 0 saturated carbocycles. The van der Waals surface area contributed by atoms with Gasteiger partial charge in [-0.15, -0.1) is 0 Å². The molecule has 1 aliphatic heterocycles. The molecule has 0 aliphatic carbocycles. The number of rotatable bonds is 4. The zero-order chi connectivity index (χ0) is 14.4. The molecule has 1 aromatic rings. The summed E-state index contributed by atoms with van der Waals surface area (Å²) in [6.45, 7) is 3.46. The van der Waals surface area contributed by atoms with E-state index in [4.69, 9.17) is 16.3 Å². The molecule has 1 aliphatic rings. The van der Waals surface area contributed by atoms with Crippen LogP contribution < -0.4 is 5.32 Å². The molecule has 1 N–H and O–H groups in total. The van der Waals surface area contributed by atoms with Crippen LogP contribution in [0.3, 0.4) is 0 Å². The van der Waals surface area contributed by atoms with Gasteiger partial charge in [0, 0.05) is 44.7 Å². The Hall–Kier alpha value is -1.26. The Morgan fingerprint density at radius 3 is 2.80 bits per heavy atom. The van der Waals surface area contributed by atoms with Crippen molar-refractivity contribution in [3.63, 3.8) is 0 Å². The summed E-state index contributed by atoms with van der Waals surface area (Å²) < 4.78 is 5.41. The molecule has 0 amide bonds. The van der Waals surface area contributed by atoms with Gasteiger partial charge in [0.25, 0.3) is 0 Å². The fraction of sp³-hybridized carbons (Fsp3) is 0.533. The van der Waals surface area contributed by atoms with E-state index in [1.165, 1.54) is 5.56 Å². The smallest absolute Gasteiger partial charge is 0.193 e. The van der Waals surface area contributed by atoms with E-state index in [0.29, 0.717) is 5.92 Å². The molecule has 0 bridgehead atoms. The predicted octanol–water partition coefficient (Wildman–Crippen LogP) is 2.38. The van der Waals surface area contributed by atoms with Gasteiger partial charge in [-0.2, -0.15) is 0 Å². The summed E-state index contributed by atoms with van der Waals surface area (Å²) in [5.41, 5.74) is 1.19. The molecule has 0 spiro atoms. The molecule has 1 heterocycles. The number of guanidine groups is 1. The Kier molecular flexibility index (Phi) is 5.68. The number of hydrogen-bond acceptors (Lipinski definition) is 2. The number of ether oxygens (including phenoxy) is 1. The standard InChI is InChI=1S/C15H22ClN3O/c1-17-15(19(2)10-13-7-8-20-11-13)18-9-12-3-5-14(16)6-4-12/h3-6,13H,7-11H2,1-2H3,(H,17,18). The number of aliphatic imine (C=N–C) groups is 1. The summed E-state index contributed by atoms with van der Waals surface area (Å²) in [5.74, 6) is 1.51. The molecular formula is C15H22ClN3O. The third-order valence-corrected chi connectivity index (χ3v) is 3.75. The summed E-state index contributed by atoms with van der Waals surface area (Å²) in [6.07, 6.45) is 1.14. The first kappa shape index (κ1) is 15.1. The van der Waals surface area contributed by atoms with Crippen molar-refractivity contribution >= 4 is 17.6 Å². The summed E-state index contributed by atoms with van der Waals surface area (Å²) in [4.78, 5) is 6.49. The topological polar surface area (TPSA) is 36.9 Å². The van der Waals surface area contributed by atoms with Crippen LogP contribution in [-0.4, -0.2) is 44.7 Å². The van der Waals surface area contributed by atoms with E-state index in [2.05, 4.69) is 22.3 Å². The van der Waals surface area contributed by atoms with E-state index in [0.717, 1.165) is 43.7 Å². The first-order chi connectivity index (χ1) is 9.69. The SMILES string of the molecule is CN=C(NCc1ccc(Cl)cc1)N(C)CC1CCOC1. The van der Waals surface area contributed by atoms with Crippen LogP contribution in [0.5, 0.6) is 0 Å². The first-order valence-electron chi connectivity index (χ1n) is 6.93. The summed E-state index contributed by atoms with van der Waals surface area (Å²) in [5, 5.41) is 4.13. The second kappa shape index (κ2) is 7.50. The van der Waals surface area contributed by atoms with Gasteiger partial charge in [-0.25, -0.2) is 0 Å². The van der Waals surface area contributed by atoms with Gasteiger partial charge in [0.2, 0.25) is 0 Å². The molecule has 0 radical (unpaired) electrons. The van der Waals surface area contributed by atoms with Crippen LogP contribution in [0.25, 0.3) is 0 Å². The van der Waals surface area contributed by atoms with Gasteiger partial charge < -0.3 is 15.0 Å². The van der Waals surface area contributed by atoms with Crippen LogP contribution in [0.1, 0.15) is 12.0 Å². The minimum atomic E-state index is 0.606. The van der Waals surface area contributed by atoms with Crippen molar-refractivity contribution in [2.75, 3.05) is 33.9 Å². The lowest BCUT2D eigenvalue weighted by molar-refractivity contribution is 0.181.